The van der Waals surface area contributed by atoms with Crippen molar-refractivity contribution in [3.05, 3.63) is 18.2 Å². The fourth-order valence-electron chi connectivity index (χ4n) is 3.39. The van der Waals surface area contributed by atoms with E-state index in [-0.39, 0.29) is 0 Å². The highest BCUT2D eigenvalue weighted by Crippen LogP contribution is 2.27. The van der Waals surface area contributed by atoms with E-state index in [1.54, 1.807) is 0 Å². The van der Waals surface area contributed by atoms with Crippen LogP contribution in [-0.2, 0) is 0 Å². The van der Waals surface area contributed by atoms with Crippen LogP contribution in [0.1, 0.15) is 26.2 Å². The zero-order valence-electron chi connectivity index (χ0n) is 12.0. The first-order valence-electron chi connectivity index (χ1n) is 7.43. The average Bonchev–Trinajstić information content (AvgIpc) is 2.46. The average molecular weight is 260 g/mol. The number of hydrogen-bond acceptors (Lipinski definition) is 4. The van der Waals surface area contributed by atoms with Gasteiger partial charge in [-0.1, -0.05) is 12.5 Å². The molecule has 2 aliphatic heterocycles. The zero-order valence-corrected chi connectivity index (χ0v) is 12.0. The van der Waals surface area contributed by atoms with Crippen LogP contribution in [0.5, 0.6) is 0 Å². The van der Waals surface area contributed by atoms with Gasteiger partial charge in [0.1, 0.15) is 11.6 Å². The lowest BCUT2D eigenvalue weighted by atomic mass is 9.97. The number of nitrogens with zero attached hydrogens (tertiary/aromatic N) is 3. The summed E-state index contributed by atoms with van der Waals surface area (Å²) in [7, 11) is 1.93. The molecule has 4 nitrogen and oxygen atoms in total. The van der Waals surface area contributed by atoms with E-state index in [0.29, 0.717) is 6.04 Å². The molecule has 19 heavy (non-hydrogen) atoms. The van der Waals surface area contributed by atoms with Gasteiger partial charge in [0.15, 0.2) is 0 Å². The summed E-state index contributed by atoms with van der Waals surface area (Å²) in [6.07, 6.45) is 4.10. The van der Waals surface area contributed by atoms with Crippen molar-refractivity contribution < 1.29 is 0 Å². The van der Waals surface area contributed by atoms with Crippen LogP contribution < -0.4 is 10.2 Å². The summed E-state index contributed by atoms with van der Waals surface area (Å²) in [5.74, 6) is 2.07. The number of fused-ring (bicyclic) bond motifs is 1. The molecule has 0 amide bonds. The predicted octanol–water partition coefficient (Wildman–Crippen LogP) is 2.19. The second-order valence-electron chi connectivity index (χ2n) is 5.78. The topological polar surface area (TPSA) is 31.4 Å². The normalized spacial score (nSPS) is 28.0. The van der Waals surface area contributed by atoms with Crippen LogP contribution in [0.15, 0.2) is 18.2 Å². The molecule has 2 fully saturated rings. The molecule has 0 aliphatic carbocycles. The Morgan fingerprint density at radius 2 is 2.16 bits per heavy atom. The summed E-state index contributed by atoms with van der Waals surface area (Å²) in [5, 5.41) is 3.13. The van der Waals surface area contributed by atoms with E-state index in [9.17, 15) is 0 Å². The van der Waals surface area contributed by atoms with Crippen LogP contribution in [0.25, 0.3) is 0 Å². The van der Waals surface area contributed by atoms with E-state index in [0.717, 1.165) is 24.2 Å². The van der Waals surface area contributed by atoms with Gasteiger partial charge in [0.2, 0.25) is 0 Å². The SMILES string of the molecule is CNc1cccc(N2CC3CCCCN3CC2C)n1. The molecular weight excluding hydrogens is 236 g/mol. The largest absolute Gasteiger partial charge is 0.373 e. The number of piperazine rings is 1. The fourth-order valence-corrected chi connectivity index (χ4v) is 3.39. The molecule has 2 unspecified atom stereocenters. The van der Waals surface area contributed by atoms with Crippen molar-refractivity contribution in [3.8, 4) is 0 Å². The Morgan fingerprint density at radius 3 is 3.00 bits per heavy atom. The van der Waals surface area contributed by atoms with Crippen molar-refractivity contribution in [2.24, 2.45) is 0 Å². The van der Waals surface area contributed by atoms with Crippen molar-refractivity contribution in [1.29, 1.82) is 0 Å². The van der Waals surface area contributed by atoms with Gasteiger partial charge < -0.3 is 10.2 Å². The van der Waals surface area contributed by atoms with E-state index in [2.05, 4.69) is 34.2 Å². The highest BCUT2D eigenvalue weighted by Gasteiger charge is 2.33. The lowest BCUT2D eigenvalue weighted by molar-refractivity contribution is 0.115. The van der Waals surface area contributed by atoms with E-state index in [1.165, 1.54) is 32.4 Å². The quantitative estimate of drug-likeness (QED) is 0.883. The van der Waals surface area contributed by atoms with Gasteiger partial charge in [-0.2, -0.15) is 0 Å². The molecule has 0 spiro atoms. The Morgan fingerprint density at radius 1 is 1.26 bits per heavy atom. The van der Waals surface area contributed by atoms with E-state index in [1.807, 2.05) is 13.1 Å². The van der Waals surface area contributed by atoms with Crippen LogP contribution in [0, 0.1) is 0 Å². The monoisotopic (exact) mass is 260 g/mol. The molecule has 0 aromatic carbocycles. The van der Waals surface area contributed by atoms with E-state index >= 15 is 0 Å². The molecule has 1 aromatic rings. The van der Waals surface area contributed by atoms with Gasteiger partial charge in [-0.3, -0.25) is 4.90 Å². The molecule has 2 aliphatic rings. The van der Waals surface area contributed by atoms with Gasteiger partial charge in [0.05, 0.1) is 0 Å². The molecule has 0 saturated carbocycles. The molecule has 1 N–H and O–H groups in total. The standard InChI is InChI=1S/C15H24N4/c1-12-10-18-9-4-3-6-13(18)11-19(12)15-8-5-7-14(16-2)17-15/h5,7-8,12-13H,3-4,6,9-11H2,1-2H3,(H,16,17). The minimum Gasteiger partial charge on any atom is -0.373 e. The van der Waals surface area contributed by atoms with Crippen molar-refractivity contribution in [3.63, 3.8) is 0 Å². The Labute approximate surface area is 115 Å². The summed E-state index contributed by atoms with van der Waals surface area (Å²) in [4.78, 5) is 9.85. The highest BCUT2D eigenvalue weighted by atomic mass is 15.3. The molecule has 0 radical (unpaired) electrons. The number of hydrogen-bond donors (Lipinski definition) is 1. The first-order chi connectivity index (χ1) is 9.28. The molecule has 2 saturated heterocycles. The summed E-state index contributed by atoms with van der Waals surface area (Å²) < 4.78 is 0. The lowest BCUT2D eigenvalue weighted by Gasteiger charge is -2.48. The van der Waals surface area contributed by atoms with Gasteiger partial charge in [-0.25, -0.2) is 4.98 Å². The van der Waals surface area contributed by atoms with Gasteiger partial charge in [0, 0.05) is 32.2 Å². The van der Waals surface area contributed by atoms with Gasteiger partial charge in [-0.15, -0.1) is 0 Å². The first kappa shape index (κ1) is 12.7. The van der Waals surface area contributed by atoms with Crippen LogP contribution in [-0.4, -0.2) is 48.6 Å². The van der Waals surface area contributed by atoms with Gasteiger partial charge in [0.25, 0.3) is 0 Å². The van der Waals surface area contributed by atoms with E-state index < -0.39 is 0 Å². The second-order valence-corrected chi connectivity index (χ2v) is 5.78. The number of rotatable bonds is 2. The minimum atomic E-state index is 0.550. The molecule has 4 heteroatoms. The van der Waals surface area contributed by atoms with Crippen molar-refractivity contribution in [2.75, 3.05) is 36.9 Å². The molecule has 2 atom stereocenters. The van der Waals surface area contributed by atoms with Crippen LogP contribution in [0.3, 0.4) is 0 Å². The molecule has 3 rings (SSSR count). The number of aromatic nitrogens is 1. The molecule has 3 heterocycles. The molecular formula is C15H24N4. The summed E-state index contributed by atoms with van der Waals surface area (Å²) in [6.45, 7) is 5.91. The van der Waals surface area contributed by atoms with Crippen molar-refractivity contribution in [2.45, 2.75) is 38.3 Å². The maximum atomic E-state index is 4.70. The van der Waals surface area contributed by atoms with E-state index in [4.69, 9.17) is 4.98 Å². The predicted molar refractivity (Wildman–Crippen MR) is 79.8 cm³/mol. The Hall–Kier alpha value is -1.29. The summed E-state index contributed by atoms with van der Waals surface area (Å²) in [6, 6.07) is 7.52. The number of nitrogens with one attached hydrogen (secondary N) is 1. The number of pyridine rings is 1. The second kappa shape index (κ2) is 5.37. The first-order valence-corrected chi connectivity index (χ1v) is 7.43. The maximum Gasteiger partial charge on any atom is 0.131 e. The van der Waals surface area contributed by atoms with Crippen LogP contribution >= 0.6 is 0 Å². The third-order valence-corrected chi connectivity index (χ3v) is 4.47. The summed E-state index contributed by atoms with van der Waals surface area (Å²) in [5.41, 5.74) is 0. The Bertz CT molecular complexity index is 434. The summed E-state index contributed by atoms with van der Waals surface area (Å²) >= 11 is 0. The molecule has 104 valence electrons. The number of anilines is 2. The van der Waals surface area contributed by atoms with Gasteiger partial charge >= 0.3 is 0 Å². The zero-order chi connectivity index (χ0) is 13.2. The third kappa shape index (κ3) is 2.54. The number of piperidine rings is 1. The Balaban J connectivity index is 1.79. The lowest BCUT2D eigenvalue weighted by Crippen LogP contribution is -2.59. The van der Waals surface area contributed by atoms with Crippen LogP contribution in [0.2, 0.25) is 0 Å². The fraction of sp³-hybridized carbons (Fsp3) is 0.667. The van der Waals surface area contributed by atoms with Crippen LogP contribution in [0.4, 0.5) is 11.6 Å². The van der Waals surface area contributed by atoms with Gasteiger partial charge in [-0.05, 0) is 38.4 Å². The third-order valence-electron chi connectivity index (χ3n) is 4.47. The smallest absolute Gasteiger partial charge is 0.131 e. The Kier molecular flexibility index (Phi) is 3.60. The highest BCUT2D eigenvalue weighted by molar-refractivity contribution is 5.48. The van der Waals surface area contributed by atoms with Crippen molar-refractivity contribution in [1.82, 2.24) is 9.88 Å². The maximum absolute atomic E-state index is 4.70. The minimum absolute atomic E-state index is 0.550. The molecule has 1 aromatic heterocycles. The van der Waals surface area contributed by atoms with Crippen molar-refractivity contribution >= 4 is 11.6 Å². The molecule has 0 bridgehead atoms.